The van der Waals surface area contributed by atoms with Crippen molar-refractivity contribution in [3.8, 4) is 0 Å². The Hall–Kier alpha value is -3.19. The van der Waals surface area contributed by atoms with Crippen molar-refractivity contribution in [2.45, 2.75) is 25.2 Å². The Morgan fingerprint density at radius 3 is 2.77 bits per heavy atom. The van der Waals surface area contributed by atoms with Gasteiger partial charge >= 0.3 is 0 Å². The third kappa shape index (κ3) is 4.52. The Labute approximate surface area is 175 Å². The number of hydrogen-bond donors (Lipinski definition) is 2. The molecule has 4 rings (SSSR count). The number of carbonyl (C=O) groups is 1. The van der Waals surface area contributed by atoms with E-state index in [4.69, 9.17) is 0 Å². The van der Waals surface area contributed by atoms with Gasteiger partial charge in [0.2, 0.25) is 5.91 Å². The molecule has 7 nitrogen and oxygen atoms in total. The maximum Gasteiger partial charge on any atom is 0.269 e. The molecule has 0 spiro atoms. The molecule has 0 radical (unpaired) electrons. The zero-order valence-electron chi connectivity index (χ0n) is 16.8. The molecule has 2 heterocycles. The highest BCUT2D eigenvalue weighted by Crippen LogP contribution is 2.34. The minimum atomic E-state index is -0.397. The number of nitrogens with zero attached hydrogens (tertiary/aromatic N) is 2. The second-order valence-corrected chi connectivity index (χ2v) is 7.80. The number of aromatic nitrogens is 1. The number of benzene rings is 2. The summed E-state index contributed by atoms with van der Waals surface area (Å²) in [6.07, 6.45) is 4.60. The van der Waals surface area contributed by atoms with Crippen LogP contribution >= 0.6 is 0 Å². The van der Waals surface area contributed by atoms with Crippen molar-refractivity contribution >= 4 is 22.5 Å². The summed E-state index contributed by atoms with van der Waals surface area (Å²) in [4.78, 5) is 29.3. The molecule has 1 fully saturated rings. The Kier molecular flexibility index (Phi) is 6.09. The summed E-state index contributed by atoms with van der Waals surface area (Å²) in [6.45, 7) is 3.68. The van der Waals surface area contributed by atoms with E-state index in [-0.39, 0.29) is 23.9 Å². The van der Waals surface area contributed by atoms with Crippen LogP contribution in [0.5, 0.6) is 0 Å². The topological polar surface area (TPSA) is 91.3 Å². The molecule has 7 heteroatoms. The molecule has 156 valence electrons. The number of aromatic amines is 1. The predicted molar refractivity (Wildman–Crippen MR) is 117 cm³/mol. The van der Waals surface area contributed by atoms with E-state index in [9.17, 15) is 14.9 Å². The first-order chi connectivity index (χ1) is 14.6. The van der Waals surface area contributed by atoms with Crippen LogP contribution in [-0.4, -0.2) is 46.9 Å². The summed E-state index contributed by atoms with van der Waals surface area (Å²) >= 11 is 0. The van der Waals surface area contributed by atoms with Crippen molar-refractivity contribution in [3.63, 3.8) is 0 Å². The molecule has 1 aliphatic rings. The molecule has 30 heavy (non-hydrogen) atoms. The fourth-order valence-corrected chi connectivity index (χ4v) is 4.26. The average molecular weight is 406 g/mol. The molecule has 0 aliphatic carbocycles. The average Bonchev–Trinajstić information content (AvgIpc) is 3.42. The zero-order valence-corrected chi connectivity index (χ0v) is 16.8. The second-order valence-electron chi connectivity index (χ2n) is 7.80. The van der Waals surface area contributed by atoms with Gasteiger partial charge < -0.3 is 15.2 Å². The number of H-pyrrole nitrogens is 1. The van der Waals surface area contributed by atoms with Crippen LogP contribution in [0.2, 0.25) is 0 Å². The van der Waals surface area contributed by atoms with Crippen molar-refractivity contribution in [1.29, 1.82) is 0 Å². The summed E-state index contributed by atoms with van der Waals surface area (Å²) in [5, 5.41) is 15.3. The highest BCUT2D eigenvalue weighted by atomic mass is 16.6. The number of rotatable bonds is 8. The van der Waals surface area contributed by atoms with Crippen molar-refractivity contribution in [2.75, 3.05) is 26.2 Å². The van der Waals surface area contributed by atoms with Crippen LogP contribution in [0.3, 0.4) is 0 Å². The first kappa shape index (κ1) is 20.1. The van der Waals surface area contributed by atoms with Crippen LogP contribution in [-0.2, 0) is 4.79 Å². The summed E-state index contributed by atoms with van der Waals surface area (Å²) in [7, 11) is 0. The Bertz CT molecular complexity index is 1040. The first-order valence-electron chi connectivity index (χ1n) is 10.4. The van der Waals surface area contributed by atoms with Crippen LogP contribution in [0.1, 0.15) is 36.3 Å². The minimum Gasteiger partial charge on any atom is -0.361 e. The van der Waals surface area contributed by atoms with E-state index in [1.165, 1.54) is 18.9 Å². The Balaban J connectivity index is 1.56. The van der Waals surface area contributed by atoms with Gasteiger partial charge in [0.05, 0.1) is 4.92 Å². The molecule has 2 aromatic carbocycles. The lowest BCUT2D eigenvalue weighted by Crippen LogP contribution is -2.34. The SMILES string of the molecule is O=C(C[C@@H](c1cccc([N+](=O)[O-])c1)c1c[nH]c2ccccc12)NCCN1CCCC1. The predicted octanol–water partition coefficient (Wildman–Crippen LogP) is 3.81. The van der Waals surface area contributed by atoms with Crippen molar-refractivity contribution < 1.29 is 9.72 Å². The van der Waals surface area contributed by atoms with Gasteiger partial charge in [-0.1, -0.05) is 30.3 Å². The van der Waals surface area contributed by atoms with Crippen LogP contribution in [0.25, 0.3) is 10.9 Å². The van der Waals surface area contributed by atoms with Gasteiger partial charge in [0.15, 0.2) is 0 Å². The fraction of sp³-hybridized carbons (Fsp3) is 0.348. The van der Waals surface area contributed by atoms with E-state index in [0.717, 1.165) is 41.7 Å². The standard InChI is InChI=1S/C23H26N4O3/c28-23(24-10-13-26-11-3-4-12-26)15-20(17-6-5-7-18(14-17)27(29)30)21-16-25-22-9-2-1-8-19(21)22/h1-2,5-9,14,16,20,25H,3-4,10-13,15H2,(H,24,28)/t20-/m0/s1. The first-order valence-corrected chi connectivity index (χ1v) is 10.4. The number of nitrogens with one attached hydrogen (secondary N) is 2. The third-order valence-corrected chi connectivity index (χ3v) is 5.82. The number of carbonyl (C=O) groups excluding carboxylic acids is 1. The van der Waals surface area contributed by atoms with E-state index in [0.29, 0.717) is 6.54 Å². The van der Waals surface area contributed by atoms with Gasteiger partial charge in [-0.3, -0.25) is 14.9 Å². The van der Waals surface area contributed by atoms with E-state index >= 15 is 0 Å². The number of likely N-dealkylation sites (tertiary alicyclic amines) is 1. The third-order valence-electron chi connectivity index (χ3n) is 5.82. The largest absolute Gasteiger partial charge is 0.361 e. The molecule has 3 aromatic rings. The smallest absolute Gasteiger partial charge is 0.269 e. The van der Waals surface area contributed by atoms with E-state index in [2.05, 4.69) is 15.2 Å². The van der Waals surface area contributed by atoms with Crippen molar-refractivity contribution in [3.05, 3.63) is 76.0 Å². The number of amides is 1. The summed E-state index contributed by atoms with van der Waals surface area (Å²) in [5.74, 6) is -0.316. The molecule has 1 aliphatic heterocycles. The maximum atomic E-state index is 12.8. The molecule has 1 saturated heterocycles. The van der Waals surface area contributed by atoms with Gasteiger partial charge in [-0.25, -0.2) is 0 Å². The highest BCUT2D eigenvalue weighted by molar-refractivity contribution is 5.86. The second kappa shape index (κ2) is 9.09. The Morgan fingerprint density at radius 2 is 1.97 bits per heavy atom. The Morgan fingerprint density at radius 1 is 1.17 bits per heavy atom. The van der Waals surface area contributed by atoms with Crippen LogP contribution in [0, 0.1) is 10.1 Å². The molecule has 0 unspecified atom stereocenters. The van der Waals surface area contributed by atoms with Crippen molar-refractivity contribution in [2.24, 2.45) is 0 Å². The summed E-state index contributed by atoms with van der Waals surface area (Å²) in [6, 6.07) is 14.5. The fourth-order valence-electron chi connectivity index (χ4n) is 4.26. The number of hydrogen-bond acceptors (Lipinski definition) is 4. The monoisotopic (exact) mass is 406 g/mol. The number of para-hydroxylation sites is 1. The maximum absolute atomic E-state index is 12.8. The van der Waals surface area contributed by atoms with Gasteiger partial charge in [0.1, 0.15) is 0 Å². The molecular weight excluding hydrogens is 380 g/mol. The summed E-state index contributed by atoms with van der Waals surface area (Å²) < 4.78 is 0. The lowest BCUT2D eigenvalue weighted by atomic mass is 9.87. The normalized spacial score (nSPS) is 15.3. The molecule has 0 bridgehead atoms. The highest BCUT2D eigenvalue weighted by Gasteiger charge is 2.23. The molecule has 1 amide bonds. The minimum absolute atomic E-state index is 0.0341. The van der Waals surface area contributed by atoms with Crippen LogP contribution in [0.15, 0.2) is 54.7 Å². The van der Waals surface area contributed by atoms with Gasteiger partial charge in [-0.15, -0.1) is 0 Å². The number of nitro groups is 1. The quantitative estimate of drug-likeness (QED) is 0.440. The molecule has 2 N–H and O–H groups in total. The molecule has 1 atom stereocenters. The lowest BCUT2D eigenvalue weighted by molar-refractivity contribution is -0.384. The van der Waals surface area contributed by atoms with E-state index in [1.807, 2.05) is 36.5 Å². The lowest BCUT2D eigenvalue weighted by Gasteiger charge is -2.18. The van der Waals surface area contributed by atoms with Gasteiger partial charge in [-0.05, 0) is 43.1 Å². The van der Waals surface area contributed by atoms with Crippen LogP contribution < -0.4 is 5.32 Å². The van der Waals surface area contributed by atoms with E-state index in [1.54, 1.807) is 12.1 Å². The zero-order chi connectivity index (χ0) is 20.9. The number of fused-ring (bicyclic) bond motifs is 1. The summed E-state index contributed by atoms with van der Waals surface area (Å²) in [5.41, 5.74) is 2.76. The van der Waals surface area contributed by atoms with Gasteiger partial charge in [0.25, 0.3) is 5.69 Å². The van der Waals surface area contributed by atoms with Crippen molar-refractivity contribution in [1.82, 2.24) is 15.2 Å². The van der Waals surface area contributed by atoms with Crippen LogP contribution in [0.4, 0.5) is 5.69 Å². The molecule has 1 aromatic heterocycles. The van der Waals surface area contributed by atoms with E-state index < -0.39 is 4.92 Å². The number of non-ortho nitro benzene ring substituents is 1. The molecular formula is C23H26N4O3. The van der Waals surface area contributed by atoms with Gasteiger partial charge in [0, 0.05) is 54.7 Å². The van der Waals surface area contributed by atoms with Gasteiger partial charge in [-0.2, -0.15) is 0 Å². The number of nitro benzene ring substituents is 1. The molecule has 0 saturated carbocycles.